The van der Waals surface area contributed by atoms with Crippen LogP contribution >= 0.6 is 0 Å². The number of benzene rings is 1. The van der Waals surface area contributed by atoms with Crippen molar-refractivity contribution in [3.05, 3.63) is 34.5 Å². The Bertz CT molecular complexity index is 370. The maximum Gasteiger partial charge on any atom is 0.115 e. The number of aryl methyl sites for hydroxylation is 1. The predicted octanol–water partition coefficient (Wildman–Crippen LogP) is 0.00301. The van der Waals surface area contributed by atoms with E-state index in [0.717, 1.165) is 16.3 Å². The third kappa shape index (κ3) is 1.74. The summed E-state index contributed by atoms with van der Waals surface area (Å²) in [6, 6.07) is 6.97. The van der Waals surface area contributed by atoms with Crippen LogP contribution in [0.5, 0.6) is 0 Å². The van der Waals surface area contributed by atoms with Crippen molar-refractivity contribution in [1.82, 2.24) is 0 Å². The molecule has 0 bridgehead atoms. The van der Waals surface area contributed by atoms with E-state index in [1.54, 1.807) is 0 Å². The fraction of sp³-hybridized carbons (Fsp3) is 0.250. The van der Waals surface area contributed by atoms with Gasteiger partial charge in [-0.05, 0) is 10.7 Å². The second-order valence-corrected chi connectivity index (χ2v) is 2.34. The third-order valence-electron chi connectivity index (χ3n) is 1.53. The molecule has 0 aromatic heterocycles. The van der Waals surface area contributed by atoms with E-state index in [-0.39, 0.29) is 32.7 Å². The molecule has 2 nitrogen and oxygen atoms in total. The van der Waals surface area contributed by atoms with Gasteiger partial charge in [0.2, 0.25) is 0 Å². The first-order valence-electron chi connectivity index (χ1n) is 3.23. The maximum atomic E-state index is 4.17. The molecule has 11 heavy (non-hydrogen) atoms. The van der Waals surface area contributed by atoms with Crippen molar-refractivity contribution in [2.24, 2.45) is 9.98 Å². The van der Waals surface area contributed by atoms with Crippen LogP contribution in [0.1, 0.15) is 5.56 Å². The number of fused-ring (bicyclic) bond motifs is 1. The van der Waals surface area contributed by atoms with E-state index in [1.165, 1.54) is 0 Å². The Hall–Kier alpha value is -0.0761. The zero-order valence-corrected chi connectivity index (χ0v) is 9.17. The van der Waals surface area contributed by atoms with Gasteiger partial charge in [-0.1, -0.05) is 6.92 Å². The van der Waals surface area contributed by atoms with E-state index < -0.39 is 0 Å². The summed E-state index contributed by atoms with van der Waals surface area (Å²) < 4.78 is 0. The molecule has 1 aromatic rings. The molecule has 53 valence electrons. The van der Waals surface area contributed by atoms with Gasteiger partial charge in [-0.15, -0.1) is 6.07 Å². The number of hydrogen-bond donors (Lipinski definition) is 0. The molecule has 1 radical (unpaired) electrons. The van der Waals surface area contributed by atoms with Gasteiger partial charge in [0.15, 0.2) is 0 Å². The summed E-state index contributed by atoms with van der Waals surface area (Å²) in [5.41, 5.74) is 1.12. The summed E-state index contributed by atoms with van der Waals surface area (Å²) in [5.74, 6) is 0. The molecule has 1 aromatic carbocycles. The number of hydrogen-bond acceptors (Lipinski definition) is 2. The molecule has 0 saturated heterocycles. The van der Waals surface area contributed by atoms with Crippen molar-refractivity contribution in [2.45, 2.75) is 6.92 Å². The van der Waals surface area contributed by atoms with Crippen LogP contribution < -0.4 is 10.7 Å². The Balaban J connectivity index is 0.000000605. The van der Waals surface area contributed by atoms with Crippen LogP contribution in [-0.2, 0) is 32.7 Å². The summed E-state index contributed by atoms with van der Waals surface area (Å²) >= 11 is 0. The molecular formula is C8H7N2Y-. The van der Waals surface area contributed by atoms with Gasteiger partial charge >= 0.3 is 0 Å². The first-order chi connectivity index (χ1) is 4.86. The Kier molecular flexibility index (Phi) is 2.91. The van der Waals surface area contributed by atoms with E-state index in [2.05, 4.69) is 16.1 Å². The fourth-order valence-electron chi connectivity index (χ4n) is 1.02. The standard InChI is InChI=1S/C8H7N2.Y/c1-6-2-3-7-8(4-6)10-5-9-7;/h3-4H,5H2,1H3;/q-1;. The zero-order valence-electron chi connectivity index (χ0n) is 6.33. The van der Waals surface area contributed by atoms with Gasteiger partial charge < -0.3 is 4.99 Å². The average Bonchev–Trinajstić information content (AvgIpc) is 2.33. The molecule has 1 aliphatic heterocycles. The molecule has 0 atom stereocenters. The van der Waals surface area contributed by atoms with Crippen molar-refractivity contribution in [2.75, 3.05) is 6.67 Å². The molecule has 0 fully saturated rings. The van der Waals surface area contributed by atoms with Gasteiger partial charge in [0, 0.05) is 32.7 Å². The van der Waals surface area contributed by atoms with E-state index in [4.69, 9.17) is 0 Å². The Morgan fingerprint density at radius 2 is 2.09 bits per heavy atom. The van der Waals surface area contributed by atoms with Crippen molar-refractivity contribution < 1.29 is 32.7 Å². The van der Waals surface area contributed by atoms with Crippen LogP contribution in [0.25, 0.3) is 0 Å². The van der Waals surface area contributed by atoms with Gasteiger partial charge in [-0.25, -0.2) is 0 Å². The molecule has 0 aliphatic carbocycles. The molecule has 0 unspecified atom stereocenters. The molecule has 3 heteroatoms. The minimum absolute atomic E-state index is 0. The Morgan fingerprint density at radius 3 is 2.91 bits per heavy atom. The molecule has 1 aliphatic rings. The predicted molar refractivity (Wildman–Crippen MR) is 37.2 cm³/mol. The molecule has 0 spiro atoms. The zero-order chi connectivity index (χ0) is 6.97. The summed E-state index contributed by atoms with van der Waals surface area (Å²) in [7, 11) is 0. The van der Waals surface area contributed by atoms with Gasteiger partial charge in [0.05, 0.1) is 0 Å². The first-order valence-corrected chi connectivity index (χ1v) is 3.23. The number of rotatable bonds is 0. The van der Waals surface area contributed by atoms with Gasteiger partial charge in [-0.3, -0.25) is 4.99 Å². The topological polar surface area (TPSA) is 24.7 Å². The summed E-state index contributed by atoms with van der Waals surface area (Å²) in [6.45, 7) is 2.60. The summed E-state index contributed by atoms with van der Waals surface area (Å²) in [6.07, 6.45) is 0. The van der Waals surface area contributed by atoms with Gasteiger partial charge in [0.1, 0.15) is 6.67 Å². The van der Waals surface area contributed by atoms with E-state index in [9.17, 15) is 0 Å². The van der Waals surface area contributed by atoms with Crippen LogP contribution in [0.15, 0.2) is 22.1 Å². The minimum Gasteiger partial charge on any atom is -0.325 e. The van der Waals surface area contributed by atoms with Crippen LogP contribution in [0, 0.1) is 13.0 Å². The second-order valence-electron chi connectivity index (χ2n) is 2.34. The van der Waals surface area contributed by atoms with Gasteiger partial charge in [0.25, 0.3) is 0 Å². The number of nitrogens with zero attached hydrogens (tertiary/aromatic N) is 2. The quantitative estimate of drug-likeness (QED) is 0.550. The molecular weight excluding hydrogens is 213 g/mol. The summed E-state index contributed by atoms with van der Waals surface area (Å²) in [5, 5.41) is 1.99. The largest absolute Gasteiger partial charge is 0.325 e. The fourth-order valence-corrected chi connectivity index (χ4v) is 1.02. The molecule has 0 amide bonds. The van der Waals surface area contributed by atoms with E-state index in [0.29, 0.717) is 6.67 Å². The summed E-state index contributed by atoms with van der Waals surface area (Å²) in [4.78, 5) is 8.32. The first kappa shape index (κ1) is 9.02. The molecule has 2 rings (SSSR count). The van der Waals surface area contributed by atoms with Crippen molar-refractivity contribution >= 4 is 0 Å². The van der Waals surface area contributed by atoms with Crippen LogP contribution in [0.4, 0.5) is 0 Å². The van der Waals surface area contributed by atoms with E-state index in [1.807, 2.05) is 19.1 Å². The Labute approximate surface area is 90.3 Å². The van der Waals surface area contributed by atoms with Crippen LogP contribution in [0.3, 0.4) is 0 Å². The minimum atomic E-state index is 0. The molecule has 1 heterocycles. The van der Waals surface area contributed by atoms with Gasteiger partial charge in [-0.2, -0.15) is 17.7 Å². The Morgan fingerprint density at radius 1 is 1.36 bits per heavy atom. The molecule has 0 saturated carbocycles. The average molecular weight is 220 g/mol. The second kappa shape index (κ2) is 3.55. The molecule has 0 N–H and O–H groups in total. The van der Waals surface area contributed by atoms with Crippen LogP contribution in [-0.4, -0.2) is 6.67 Å². The van der Waals surface area contributed by atoms with Crippen LogP contribution in [0.2, 0.25) is 0 Å². The normalized spacial score (nSPS) is 12.5. The van der Waals surface area contributed by atoms with E-state index >= 15 is 0 Å². The van der Waals surface area contributed by atoms with Crippen molar-refractivity contribution in [3.63, 3.8) is 0 Å². The third-order valence-corrected chi connectivity index (χ3v) is 1.53. The van der Waals surface area contributed by atoms with Crippen molar-refractivity contribution in [3.8, 4) is 0 Å². The maximum absolute atomic E-state index is 4.17. The van der Waals surface area contributed by atoms with Crippen molar-refractivity contribution in [1.29, 1.82) is 0 Å². The monoisotopic (exact) mass is 220 g/mol. The SMILES string of the molecule is Cc1[c-]cc2c(c1)=NCN=2.[Y]. The smallest absolute Gasteiger partial charge is 0.115 e.